The lowest BCUT2D eigenvalue weighted by molar-refractivity contribution is -0.0879. The molecule has 2 bridgehead atoms. The highest BCUT2D eigenvalue weighted by Crippen LogP contribution is 2.46. The molecule has 0 amide bonds. The number of methoxy groups -OCH3 is 1. The maximum atomic E-state index is 7.05. The first-order valence-electron chi connectivity index (χ1n) is 14.3. The number of rotatable bonds is 11. The van der Waals surface area contributed by atoms with Gasteiger partial charge in [0.25, 0.3) is 0 Å². The highest BCUT2D eigenvalue weighted by atomic mass is 28.4. The first-order valence-corrected chi connectivity index (χ1v) is 24.5. The average Bonchev–Trinajstić information content (AvgIpc) is 2.83. The van der Waals surface area contributed by atoms with Gasteiger partial charge in [-0.05, 0) is 114 Å². The van der Waals surface area contributed by atoms with Crippen molar-refractivity contribution in [3.05, 3.63) is 36.0 Å². The molecule has 4 heterocycles. The SMILES string of the molecule is COc1ccc2nccc([C@@H](O[Si](C)(C)C)[C@@H]3C[C@@H]4CCN3C[C@@H]4C(CO[Si](C)(C)C)O[Si](C)(C)C)c2c1. The Morgan fingerprint density at radius 2 is 1.66 bits per heavy atom. The molecule has 3 fully saturated rings. The van der Waals surface area contributed by atoms with E-state index in [1.165, 1.54) is 12.0 Å². The van der Waals surface area contributed by atoms with E-state index in [0.717, 1.165) is 42.8 Å². The van der Waals surface area contributed by atoms with Gasteiger partial charge in [-0.3, -0.25) is 9.88 Å². The van der Waals surface area contributed by atoms with Crippen molar-refractivity contribution < 1.29 is 18.0 Å². The van der Waals surface area contributed by atoms with Gasteiger partial charge in [0.15, 0.2) is 25.0 Å². The van der Waals surface area contributed by atoms with Crippen LogP contribution in [0.25, 0.3) is 10.9 Å². The summed E-state index contributed by atoms with van der Waals surface area (Å²) in [6.45, 7) is 23.5. The van der Waals surface area contributed by atoms with Gasteiger partial charge in [0.05, 0.1) is 31.4 Å². The number of aromatic nitrogens is 1. The van der Waals surface area contributed by atoms with Crippen molar-refractivity contribution in [2.24, 2.45) is 11.8 Å². The Morgan fingerprint density at radius 1 is 0.947 bits per heavy atom. The molecule has 9 heteroatoms. The maximum absolute atomic E-state index is 7.05. The van der Waals surface area contributed by atoms with Crippen LogP contribution in [0.4, 0.5) is 0 Å². The summed E-state index contributed by atoms with van der Waals surface area (Å²) in [6, 6.07) is 8.70. The number of hydrogen-bond acceptors (Lipinski definition) is 6. The Balaban J connectivity index is 1.65. The summed E-state index contributed by atoms with van der Waals surface area (Å²) in [5, 5.41) is 1.14. The molecule has 0 N–H and O–H groups in total. The zero-order valence-corrected chi connectivity index (χ0v) is 28.3. The van der Waals surface area contributed by atoms with E-state index >= 15 is 0 Å². The molecule has 6 nitrogen and oxygen atoms in total. The van der Waals surface area contributed by atoms with Crippen molar-refractivity contribution in [1.82, 2.24) is 9.88 Å². The molecule has 2 unspecified atom stereocenters. The summed E-state index contributed by atoms with van der Waals surface area (Å²) in [7, 11) is -3.45. The molecule has 212 valence electrons. The molecular formula is C29H50N2O4Si3. The minimum absolute atomic E-state index is 0.0117. The van der Waals surface area contributed by atoms with E-state index in [0.29, 0.717) is 17.9 Å². The van der Waals surface area contributed by atoms with Gasteiger partial charge < -0.3 is 18.0 Å². The van der Waals surface area contributed by atoms with Crippen LogP contribution < -0.4 is 4.74 Å². The van der Waals surface area contributed by atoms with Crippen LogP contribution >= 0.6 is 0 Å². The second-order valence-electron chi connectivity index (χ2n) is 14.1. The van der Waals surface area contributed by atoms with Crippen LogP contribution in [-0.4, -0.2) is 73.8 Å². The van der Waals surface area contributed by atoms with Crippen LogP contribution in [0.2, 0.25) is 58.9 Å². The van der Waals surface area contributed by atoms with Gasteiger partial charge in [0.1, 0.15) is 5.75 Å². The molecule has 2 aromatic rings. The van der Waals surface area contributed by atoms with E-state index in [4.69, 9.17) is 18.0 Å². The molecule has 3 aliphatic rings. The zero-order chi connectivity index (χ0) is 27.9. The third kappa shape index (κ3) is 7.56. The molecular weight excluding hydrogens is 525 g/mol. The quantitative estimate of drug-likeness (QED) is 0.272. The number of fused-ring (bicyclic) bond motifs is 4. The predicted molar refractivity (Wildman–Crippen MR) is 165 cm³/mol. The van der Waals surface area contributed by atoms with E-state index in [2.05, 4.69) is 87.0 Å². The monoisotopic (exact) mass is 574 g/mol. The summed E-state index contributed by atoms with van der Waals surface area (Å²) in [6.07, 6.45) is 4.48. The van der Waals surface area contributed by atoms with Crippen molar-refractivity contribution in [2.45, 2.75) is 90.0 Å². The van der Waals surface area contributed by atoms with Gasteiger partial charge in [-0.15, -0.1) is 0 Å². The van der Waals surface area contributed by atoms with Crippen molar-refractivity contribution in [1.29, 1.82) is 0 Å². The van der Waals surface area contributed by atoms with Gasteiger partial charge >= 0.3 is 0 Å². The van der Waals surface area contributed by atoms with E-state index in [1.807, 2.05) is 12.3 Å². The number of benzene rings is 1. The molecule has 0 aliphatic carbocycles. The molecule has 0 spiro atoms. The second-order valence-corrected chi connectivity index (χ2v) is 27.6. The summed E-state index contributed by atoms with van der Waals surface area (Å²) >= 11 is 0. The van der Waals surface area contributed by atoms with Crippen molar-refractivity contribution in [3.63, 3.8) is 0 Å². The Bertz CT molecular complexity index is 1100. The van der Waals surface area contributed by atoms with Gasteiger partial charge in [-0.1, -0.05) is 0 Å². The van der Waals surface area contributed by atoms with Crippen molar-refractivity contribution >= 4 is 35.9 Å². The predicted octanol–water partition coefficient (Wildman–Crippen LogP) is 6.92. The molecule has 6 atom stereocenters. The fraction of sp³-hybridized carbons (Fsp3) is 0.690. The fourth-order valence-electron chi connectivity index (χ4n) is 6.13. The minimum Gasteiger partial charge on any atom is -0.497 e. The number of nitrogens with zero attached hydrogens (tertiary/aromatic N) is 2. The maximum Gasteiger partial charge on any atom is 0.184 e. The van der Waals surface area contributed by atoms with Crippen LogP contribution in [0.1, 0.15) is 24.5 Å². The number of hydrogen-bond donors (Lipinski definition) is 0. The van der Waals surface area contributed by atoms with Crippen LogP contribution in [0.3, 0.4) is 0 Å². The zero-order valence-electron chi connectivity index (χ0n) is 25.3. The van der Waals surface area contributed by atoms with E-state index in [9.17, 15) is 0 Å². The summed E-state index contributed by atoms with van der Waals surface area (Å²) in [5.41, 5.74) is 2.23. The normalized spacial score (nSPS) is 25.9. The molecule has 3 saturated heterocycles. The molecule has 0 saturated carbocycles. The lowest BCUT2D eigenvalue weighted by Gasteiger charge is -2.55. The summed E-state index contributed by atoms with van der Waals surface area (Å²) in [5.74, 6) is 1.98. The van der Waals surface area contributed by atoms with E-state index < -0.39 is 25.0 Å². The second kappa shape index (κ2) is 11.4. The third-order valence-corrected chi connectivity index (χ3v) is 10.6. The topological polar surface area (TPSA) is 53.1 Å². The third-order valence-electron chi connectivity index (χ3n) is 7.63. The van der Waals surface area contributed by atoms with Crippen LogP contribution in [0.5, 0.6) is 5.75 Å². The standard InChI is InChI=1S/C29H50N2O4Si3/c1-32-22-11-12-26-24(18-22)23(13-15-30-26)29(35-38(8,9)10)27-17-21-14-16-31(27)19-25(21)28(34-37(5,6)7)20-33-36(2,3)4/h11-13,15,18,21,25,27-29H,14,16-17,19-20H2,1-10H3/t21-,25-,27-,28?,29+/m0/s1. The molecule has 1 aromatic heterocycles. The Kier molecular flexibility index (Phi) is 8.99. The number of ether oxygens (including phenoxy) is 1. The van der Waals surface area contributed by atoms with Crippen LogP contribution in [0.15, 0.2) is 30.5 Å². The first-order chi connectivity index (χ1) is 17.6. The Hall–Kier alpha value is -1.08. The van der Waals surface area contributed by atoms with E-state index in [1.54, 1.807) is 7.11 Å². The largest absolute Gasteiger partial charge is 0.497 e. The highest BCUT2D eigenvalue weighted by Gasteiger charge is 2.48. The molecule has 3 aliphatic heterocycles. The first kappa shape index (κ1) is 29.9. The van der Waals surface area contributed by atoms with Crippen molar-refractivity contribution in [2.75, 3.05) is 26.8 Å². The summed E-state index contributed by atoms with van der Waals surface area (Å²) < 4.78 is 25.9. The van der Waals surface area contributed by atoms with Gasteiger partial charge in [-0.2, -0.15) is 0 Å². The Morgan fingerprint density at radius 3 is 2.24 bits per heavy atom. The molecule has 1 aromatic carbocycles. The van der Waals surface area contributed by atoms with Crippen LogP contribution in [-0.2, 0) is 13.3 Å². The van der Waals surface area contributed by atoms with Crippen LogP contribution in [0, 0.1) is 11.8 Å². The Labute approximate surface area is 233 Å². The fourth-order valence-corrected chi connectivity index (χ4v) is 8.99. The number of pyridine rings is 1. The minimum atomic E-state index is -1.84. The molecule has 0 radical (unpaired) electrons. The van der Waals surface area contributed by atoms with Crippen molar-refractivity contribution in [3.8, 4) is 5.75 Å². The number of piperidine rings is 3. The van der Waals surface area contributed by atoms with Gasteiger partial charge in [0.2, 0.25) is 0 Å². The highest BCUT2D eigenvalue weighted by molar-refractivity contribution is 6.70. The lowest BCUT2D eigenvalue weighted by atomic mass is 9.71. The summed E-state index contributed by atoms with van der Waals surface area (Å²) in [4.78, 5) is 7.37. The van der Waals surface area contributed by atoms with Gasteiger partial charge in [0, 0.05) is 30.1 Å². The molecule has 5 rings (SSSR count). The smallest absolute Gasteiger partial charge is 0.184 e. The van der Waals surface area contributed by atoms with E-state index in [-0.39, 0.29) is 12.2 Å². The van der Waals surface area contributed by atoms with Gasteiger partial charge in [-0.25, -0.2) is 0 Å². The molecule has 38 heavy (non-hydrogen) atoms. The average molecular weight is 575 g/mol. The lowest BCUT2D eigenvalue weighted by Crippen LogP contribution is -2.60.